The molecule has 1 aromatic carbocycles. The SMILES string of the molecule is O=C1CO[C@@H](COc2ccc(F)cc2)CN1C1CCN(CCn2ccnc2)CC1. The number of nitrogens with zero attached hydrogens (tertiary/aromatic N) is 4. The molecule has 2 fully saturated rings. The third kappa shape index (κ3) is 5.33. The molecule has 2 aliphatic heterocycles. The van der Waals surface area contributed by atoms with E-state index in [0.29, 0.717) is 18.9 Å². The maximum Gasteiger partial charge on any atom is 0.248 e. The van der Waals surface area contributed by atoms with E-state index in [9.17, 15) is 9.18 Å². The highest BCUT2D eigenvalue weighted by Gasteiger charge is 2.33. The van der Waals surface area contributed by atoms with Gasteiger partial charge in [0.1, 0.15) is 30.9 Å². The molecule has 0 N–H and O–H groups in total. The van der Waals surface area contributed by atoms with Crippen LogP contribution in [0.5, 0.6) is 5.75 Å². The van der Waals surface area contributed by atoms with Gasteiger partial charge < -0.3 is 23.8 Å². The molecule has 2 aromatic rings. The van der Waals surface area contributed by atoms with Gasteiger partial charge in [-0.3, -0.25) is 4.79 Å². The number of hydrogen-bond acceptors (Lipinski definition) is 5. The van der Waals surface area contributed by atoms with Crippen molar-refractivity contribution in [3.05, 3.63) is 48.8 Å². The summed E-state index contributed by atoms with van der Waals surface area (Å²) in [7, 11) is 0. The van der Waals surface area contributed by atoms with Crippen LogP contribution < -0.4 is 4.74 Å². The zero-order chi connectivity index (χ0) is 20.1. The monoisotopic (exact) mass is 402 g/mol. The fraction of sp³-hybridized carbons (Fsp3) is 0.524. The van der Waals surface area contributed by atoms with Gasteiger partial charge in [-0.2, -0.15) is 0 Å². The fourth-order valence-electron chi connectivity index (χ4n) is 3.95. The lowest BCUT2D eigenvalue weighted by Crippen LogP contribution is -2.55. The number of morpholine rings is 1. The van der Waals surface area contributed by atoms with Gasteiger partial charge in [0, 0.05) is 44.6 Å². The van der Waals surface area contributed by atoms with E-state index in [-0.39, 0.29) is 30.5 Å². The lowest BCUT2D eigenvalue weighted by molar-refractivity contribution is -0.155. The van der Waals surface area contributed by atoms with Crippen molar-refractivity contribution in [3.63, 3.8) is 0 Å². The van der Waals surface area contributed by atoms with Gasteiger partial charge in [-0.25, -0.2) is 9.37 Å². The fourth-order valence-corrected chi connectivity index (χ4v) is 3.95. The van der Waals surface area contributed by atoms with E-state index in [1.165, 1.54) is 12.1 Å². The summed E-state index contributed by atoms with van der Waals surface area (Å²) in [6.45, 7) is 4.89. The van der Waals surface area contributed by atoms with Gasteiger partial charge in [0.2, 0.25) is 5.91 Å². The highest BCUT2D eigenvalue weighted by molar-refractivity contribution is 5.78. The van der Waals surface area contributed by atoms with Gasteiger partial charge in [-0.15, -0.1) is 0 Å². The van der Waals surface area contributed by atoms with Gasteiger partial charge in [0.05, 0.1) is 12.9 Å². The second-order valence-electron chi connectivity index (χ2n) is 7.62. The summed E-state index contributed by atoms with van der Waals surface area (Å²) >= 11 is 0. The average molecular weight is 402 g/mol. The summed E-state index contributed by atoms with van der Waals surface area (Å²) in [4.78, 5) is 20.9. The number of amides is 1. The Hall–Kier alpha value is -2.45. The zero-order valence-electron chi connectivity index (χ0n) is 16.5. The Kier molecular flexibility index (Phi) is 6.41. The van der Waals surface area contributed by atoms with Crippen LogP contribution in [-0.2, 0) is 16.1 Å². The number of halogens is 1. The van der Waals surface area contributed by atoms with E-state index in [1.54, 1.807) is 18.3 Å². The highest BCUT2D eigenvalue weighted by Crippen LogP contribution is 2.21. The van der Waals surface area contributed by atoms with Crippen LogP contribution in [0.2, 0.25) is 0 Å². The standard InChI is InChI=1S/C21H27FN4O3/c22-17-1-3-19(4-2-17)28-14-20-13-26(21(27)15-29-20)18-5-8-24(9-6-18)11-12-25-10-7-23-16-25/h1-4,7,10,16,18,20H,5-6,8-9,11-15H2/t20-/m1/s1. The number of likely N-dealkylation sites (tertiary alicyclic amines) is 1. The van der Waals surface area contributed by atoms with Crippen molar-refractivity contribution in [2.24, 2.45) is 0 Å². The van der Waals surface area contributed by atoms with Crippen LogP contribution >= 0.6 is 0 Å². The number of imidazole rings is 1. The van der Waals surface area contributed by atoms with Crippen LogP contribution in [0.15, 0.2) is 43.0 Å². The van der Waals surface area contributed by atoms with E-state index in [1.807, 2.05) is 17.4 Å². The second kappa shape index (κ2) is 9.37. The maximum atomic E-state index is 13.0. The molecule has 0 spiro atoms. The van der Waals surface area contributed by atoms with Crippen molar-refractivity contribution in [3.8, 4) is 5.75 Å². The topological polar surface area (TPSA) is 59.8 Å². The quantitative estimate of drug-likeness (QED) is 0.707. The third-order valence-electron chi connectivity index (χ3n) is 5.64. The highest BCUT2D eigenvalue weighted by atomic mass is 19.1. The van der Waals surface area contributed by atoms with Crippen molar-refractivity contribution in [2.45, 2.75) is 31.5 Å². The Balaban J connectivity index is 1.23. The molecule has 29 heavy (non-hydrogen) atoms. The number of hydrogen-bond donors (Lipinski definition) is 0. The number of piperidine rings is 1. The van der Waals surface area contributed by atoms with Crippen molar-refractivity contribution in [1.82, 2.24) is 19.4 Å². The molecule has 1 aromatic heterocycles. The molecule has 156 valence electrons. The lowest BCUT2D eigenvalue weighted by atomic mass is 10.0. The van der Waals surface area contributed by atoms with E-state index >= 15 is 0 Å². The van der Waals surface area contributed by atoms with Crippen LogP contribution in [0, 0.1) is 5.82 Å². The van der Waals surface area contributed by atoms with Gasteiger partial charge in [0.15, 0.2) is 0 Å². The molecule has 2 aliphatic rings. The molecule has 3 heterocycles. The lowest BCUT2D eigenvalue weighted by Gasteiger charge is -2.42. The van der Waals surface area contributed by atoms with Gasteiger partial charge in [0.25, 0.3) is 0 Å². The molecule has 1 atom stereocenters. The first-order valence-electron chi connectivity index (χ1n) is 10.1. The predicted molar refractivity (Wildman–Crippen MR) is 105 cm³/mol. The number of rotatable bonds is 7. The molecule has 2 saturated heterocycles. The number of carbonyl (C=O) groups excluding carboxylic acids is 1. The first-order chi connectivity index (χ1) is 14.2. The molecule has 0 radical (unpaired) electrons. The summed E-state index contributed by atoms with van der Waals surface area (Å²) in [6, 6.07) is 6.19. The molecule has 7 nitrogen and oxygen atoms in total. The minimum Gasteiger partial charge on any atom is -0.491 e. The third-order valence-corrected chi connectivity index (χ3v) is 5.64. The van der Waals surface area contributed by atoms with Crippen LogP contribution in [-0.4, -0.2) is 76.8 Å². The zero-order valence-corrected chi connectivity index (χ0v) is 16.5. The van der Waals surface area contributed by atoms with Gasteiger partial charge in [-0.05, 0) is 37.1 Å². The van der Waals surface area contributed by atoms with Gasteiger partial charge >= 0.3 is 0 Å². The van der Waals surface area contributed by atoms with Gasteiger partial charge in [-0.1, -0.05) is 0 Å². The van der Waals surface area contributed by atoms with Crippen LogP contribution in [0.25, 0.3) is 0 Å². The largest absolute Gasteiger partial charge is 0.491 e. The predicted octanol–water partition coefficient (Wildman–Crippen LogP) is 1.79. The number of carbonyl (C=O) groups is 1. The number of aromatic nitrogens is 2. The molecular weight excluding hydrogens is 375 g/mol. The minimum atomic E-state index is -0.292. The molecular formula is C21H27FN4O3. The molecule has 0 bridgehead atoms. The Morgan fingerprint density at radius 2 is 1.97 bits per heavy atom. The smallest absolute Gasteiger partial charge is 0.248 e. The normalized spacial score (nSPS) is 21.5. The molecule has 1 amide bonds. The van der Waals surface area contributed by atoms with Crippen molar-refractivity contribution in [2.75, 3.05) is 39.4 Å². The Morgan fingerprint density at radius 1 is 1.17 bits per heavy atom. The second-order valence-corrected chi connectivity index (χ2v) is 7.62. The summed E-state index contributed by atoms with van der Waals surface area (Å²) in [6.07, 6.45) is 7.40. The average Bonchev–Trinajstić information content (AvgIpc) is 3.27. The molecule has 0 aliphatic carbocycles. The molecule has 8 heteroatoms. The summed E-state index contributed by atoms with van der Waals surface area (Å²) in [5, 5.41) is 0. The van der Waals surface area contributed by atoms with Crippen LogP contribution in [0.4, 0.5) is 4.39 Å². The molecule has 0 saturated carbocycles. The van der Waals surface area contributed by atoms with Crippen molar-refractivity contribution < 1.29 is 18.7 Å². The summed E-state index contributed by atoms with van der Waals surface area (Å²) in [5.74, 6) is 0.365. The summed E-state index contributed by atoms with van der Waals surface area (Å²) < 4.78 is 26.4. The Labute approximate surface area is 170 Å². The first-order valence-corrected chi connectivity index (χ1v) is 10.1. The molecule has 4 rings (SSSR count). The maximum absolute atomic E-state index is 13.0. The van der Waals surface area contributed by atoms with E-state index in [2.05, 4.69) is 14.5 Å². The van der Waals surface area contributed by atoms with E-state index in [4.69, 9.17) is 9.47 Å². The minimum absolute atomic E-state index is 0.0555. The van der Waals surface area contributed by atoms with Crippen molar-refractivity contribution >= 4 is 5.91 Å². The Morgan fingerprint density at radius 3 is 2.69 bits per heavy atom. The van der Waals surface area contributed by atoms with Crippen LogP contribution in [0.3, 0.4) is 0 Å². The van der Waals surface area contributed by atoms with Crippen LogP contribution in [0.1, 0.15) is 12.8 Å². The number of ether oxygens (including phenoxy) is 2. The molecule has 0 unspecified atom stereocenters. The van der Waals surface area contributed by atoms with Crippen molar-refractivity contribution in [1.29, 1.82) is 0 Å². The first kappa shape index (κ1) is 19.8. The van der Waals surface area contributed by atoms with E-state index < -0.39 is 0 Å². The summed E-state index contributed by atoms with van der Waals surface area (Å²) in [5.41, 5.74) is 0. The van der Waals surface area contributed by atoms with E-state index in [0.717, 1.165) is 39.0 Å². The Bertz CT molecular complexity index is 776. The number of benzene rings is 1.